The molecule has 1 aromatic heterocycles. The Kier molecular flexibility index (Phi) is 4.09. The first-order chi connectivity index (χ1) is 10.7. The molecule has 6 heteroatoms. The van der Waals surface area contributed by atoms with Gasteiger partial charge in [-0.1, -0.05) is 11.6 Å². The van der Waals surface area contributed by atoms with Gasteiger partial charge in [-0.3, -0.25) is 9.78 Å². The lowest BCUT2D eigenvalue weighted by molar-refractivity contribution is -0.113. The summed E-state index contributed by atoms with van der Waals surface area (Å²) in [6.07, 6.45) is 4.80. The van der Waals surface area contributed by atoms with Crippen molar-refractivity contribution in [3.63, 3.8) is 0 Å². The van der Waals surface area contributed by atoms with Gasteiger partial charge in [0.05, 0.1) is 24.1 Å². The van der Waals surface area contributed by atoms with Crippen LogP contribution in [0, 0.1) is 0 Å². The normalized spacial score (nSPS) is 12.9. The first-order valence-corrected chi connectivity index (χ1v) is 7.03. The number of amides is 1. The predicted molar refractivity (Wildman–Crippen MR) is 83.7 cm³/mol. The number of pyridine rings is 1. The minimum absolute atomic E-state index is 0.174. The second kappa shape index (κ2) is 6.17. The zero-order valence-corrected chi connectivity index (χ0v) is 12.3. The Morgan fingerprint density at radius 2 is 2.27 bits per heavy atom. The van der Waals surface area contributed by atoms with Gasteiger partial charge in [0.25, 0.3) is 5.91 Å². The molecule has 3 rings (SSSR count). The third kappa shape index (κ3) is 2.95. The highest BCUT2D eigenvalue weighted by molar-refractivity contribution is 6.30. The highest BCUT2D eigenvalue weighted by Gasteiger charge is 2.18. The Bertz CT molecular complexity index is 759. The smallest absolute Gasteiger partial charge is 0.255 e. The van der Waals surface area contributed by atoms with Gasteiger partial charge >= 0.3 is 0 Å². The number of ether oxygens (including phenoxy) is 1. The minimum Gasteiger partial charge on any atom is -0.488 e. The molecule has 0 unspecified atom stereocenters. The second-order valence-corrected chi connectivity index (χ2v) is 5.22. The van der Waals surface area contributed by atoms with Gasteiger partial charge in [-0.15, -0.1) is 0 Å². The summed E-state index contributed by atoms with van der Waals surface area (Å²) in [4.78, 5) is 16.3. The molecule has 2 N–H and O–H groups in total. The van der Waals surface area contributed by atoms with E-state index in [-0.39, 0.29) is 19.1 Å². The molecule has 0 saturated carbocycles. The van der Waals surface area contributed by atoms with Gasteiger partial charge in [0, 0.05) is 22.3 Å². The van der Waals surface area contributed by atoms with Gasteiger partial charge < -0.3 is 15.2 Å². The van der Waals surface area contributed by atoms with Gasteiger partial charge in [-0.25, -0.2) is 0 Å². The van der Waals surface area contributed by atoms with Crippen LogP contribution in [-0.4, -0.2) is 22.6 Å². The van der Waals surface area contributed by atoms with E-state index in [9.17, 15) is 9.90 Å². The van der Waals surface area contributed by atoms with Crippen molar-refractivity contribution in [2.45, 2.75) is 6.61 Å². The molecule has 22 heavy (non-hydrogen) atoms. The number of carbonyl (C=O) groups is 1. The van der Waals surface area contributed by atoms with Crippen LogP contribution < -0.4 is 10.1 Å². The van der Waals surface area contributed by atoms with E-state index in [1.807, 2.05) is 0 Å². The van der Waals surface area contributed by atoms with E-state index < -0.39 is 0 Å². The maximum Gasteiger partial charge on any atom is 0.255 e. The summed E-state index contributed by atoms with van der Waals surface area (Å²) >= 11 is 5.95. The number of nitrogens with zero attached hydrogens (tertiary/aromatic N) is 1. The van der Waals surface area contributed by atoms with E-state index in [1.54, 1.807) is 36.5 Å². The largest absolute Gasteiger partial charge is 0.488 e. The number of rotatable bonds is 3. The van der Waals surface area contributed by atoms with Gasteiger partial charge in [-0.05, 0) is 30.3 Å². The number of carbonyl (C=O) groups excluding carboxylic acids is 1. The standard InChI is InChI=1S/C16H13ClN2O3/c17-13-1-2-15-11(6-13)5-12(9-22-15)16(21)19-14-7-18-4-3-10(14)8-20/h1-7,20H,8-9H2,(H,19,21). The van der Waals surface area contributed by atoms with Crippen LogP contribution in [0.25, 0.3) is 6.08 Å². The molecule has 5 nitrogen and oxygen atoms in total. The third-order valence-electron chi connectivity index (χ3n) is 3.31. The van der Waals surface area contributed by atoms with Crippen molar-refractivity contribution in [3.05, 3.63) is 58.4 Å². The lowest BCUT2D eigenvalue weighted by Crippen LogP contribution is -2.22. The van der Waals surface area contributed by atoms with Crippen LogP contribution in [-0.2, 0) is 11.4 Å². The molecule has 112 valence electrons. The number of hydrogen-bond acceptors (Lipinski definition) is 4. The lowest BCUT2D eigenvalue weighted by atomic mass is 10.1. The fraction of sp³-hybridized carbons (Fsp3) is 0.125. The molecular formula is C16H13ClN2O3. The van der Waals surface area contributed by atoms with Crippen LogP contribution in [0.1, 0.15) is 11.1 Å². The van der Waals surface area contributed by atoms with Gasteiger partial charge in [0.15, 0.2) is 0 Å². The van der Waals surface area contributed by atoms with E-state index in [1.165, 1.54) is 6.20 Å². The number of aliphatic hydroxyl groups is 1. The van der Waals surface area contributed by atoms with Crippen LogP contribution >= 0.6 is 11.6 Å². The maximum absolute atomic E-state index is 12.3. The molecule has 1 aliphatic heterocycles. The number of nitrogens with one attached hydrogen (secondary N) is 1. The van der Waals surface area contributed by atoms with Crippen LogP contribution in [0.4, 0.5) is 5.69 Å². The van der Waals surface area contributed by atoms with Gasteiger partial charge in [0.2, 0.25) is 0 Å². The molecule has 0 saturated heterocycles. The molecule has 0 fully saturated rings. The van der Waals surface area contributed by atoms with Gasteiger partial charge in [-0.2, -0.15) is 0 Å². The number of aliphatic hydroxyl groups excluding tert-OH is 1. The number of benzene rings is 1. The molecule has 1 aromatic carbocycles. The molecular weight excluding hydrogens is 304 g/mol. The Morgan fingerprint density at radius 1 is 1.41 bits per heavy atom. The Balaban J connectivity index is 1.84. The summed E-state index contributed by atoms with van der Waals surface area (Å²) in [5, 5.41) is 12.6. The average molecular weight is 317 g/mol. The van der Waals surface area contributed by atoms with Gasteiger partial charge in [0.1, 0.15) is 12.4 Å². The highest BCUT2D eigenvalue weighted by atomic mass is 35.5. The van der Waals surface area contributed by atoms with Crippen LogP contribution in [0.5, 0.6) is 5.75 Å². The summed E-state index contributed by atoms with van der Waals surface area (Å²) in [5.74, 6) is 0.395. The number of fused-ring (bicyclic) bond motifs is 1. The van der Waals surface area contributed by atoms with E-state index in [0.717, 1.165) is 5.56 Å². The molecule has 0 spiro atoms. The summed E-state index contributed by atoms with van der Waals surface area (Å²) in [7, 11) is 0. The van der Waals surface area contributed by atoms with Crippen molar-refractivity contribution in [2.24, 2.45) is 0 Å². The molecule has 0 radical (unpaired) electrons. The number of aromatic nitrogens is 1. The summed E-state index contributed by atoms with van der Waals surface area (Å²) < 4.78 is 5.55. The molecule has 1 aliphatic rings. The van der Waals surface area contributed by atoms with Crippen molar-refractivity contribution >= 4 is 29.3 Å². The fourth-order valence-electron chi connectivity index (χ4n) is 2.16. The first-order valence-electron chi connectivity index (χ1n) is 6.65. The molecule has 0 bridgehead atoms. The highest BCUT2D eigenvalue weighted by Crippen LogP contribution is 2.29. The monoisotopic (exact) mass is 316 g/mol. The summed E-state index contributed by atoms with van der Waals surface area (Å²) in [5.41, 5.74) is 2.32. The van der Waals surface area contributed by atoms with Crippen molar-refractivity contribution in [3.8, 4) is 5.75 Å². The second-order valence-electron chi connectivity index (χ2n) is 4.79. The molecule has 2 heterocycles. The Labute approximate surface area is 132 Å². The molecule has 0 aliphatic carbocycles. The fourth-order valence-corrected chi connectivity index (χ4v) is 2.34. The predicted octanol–water partition coefficient (Wildman–Crippen LogP) is 2.64. The number of halogens is 1. The Hall–Kier alpha value is -2.37. The lowest BCUT2D eigenvalue weighted by Gasteiger charge is -2.18. The van der Waals surface area contributed by atoms with E-state index in [0.29, 0.717) is 27.6 Å². The Morgan fingerprint density at radius 3 is 3.09 bits per heavy atom. The first kappa shape index (κ1) is 14.6. The molecule has 2 aromatic rings. The third-order valence-corrected chi connectivity index (χ3v) is 3.54. The maximum atomic E-state index is 12.3. The van der Waals surface area contributed by atoms with E-state index >= 15 is 0 Å². The molecule has 1 amide bonds. The van der Waals surface area contributed by atoms with Crippen molar-refractivity contribution in [1.82, 2.24) is 4.98 Å². The topological polar surface area (TPSA) is 71.5 Å². The van der Waals surface area contributed by atoms with Crippen LogP contribution in [0.15, 0.2) is 42.2 Å². The quantitative estimate of drug-likeness (QED) is 0.913. The zero-order valence-electron chi connectivity index (χ0n) is 11.5. The number of anilines is 1. The van der Waals surface area contributed by atoms with E-state index in [2.05, 4.69) is 10.3 Å². The van der Waals surface area contributed by atoms with E-state index in [4.69, 9.17) is 16.3 Å². The van der Waals surface area contributed by atoms with Crippen LogP contribution in [0.2, 0.25) is 5.02 Å². The van der Waals surface area contributed by atoms with Crippen molar-refractivity contribution < 1.29 is 14.6 Å². The van der Waals surface area contributed by atoms with Crippen molar-refractivity contribution in [2.75, 3.05) is 11.9 Å². The van der Waals surface area contributed by atoms with Crippen LogP contribution in [0.3, 0.4) is 0 Å². The molecule has 0 atom stereocenters. The minimum atomic E-state index is -0.298. The van der Waals surface area contributed by atoms with Crippen molar-refractivity contribution in [1.29, 1.82) is 0 Å². The zero-order chi connectivity index (χ0) is 15.5. The SMILES string of the molecule is O=C(Nc1cnccc1CO)C1=Cc2cc(Cl)ccc2OC1. The number of hydrogen-bond donors (Lipinski definition) is 2. The average Bonchev–Trinajstić information content (AvgIpc) is 2.54. The summed E-state index contributed by atoms with van der Waals surface area (Å²) in [6.45, 7) is 0.00130. The summed E-state index contributed by atoms with van der Waals surface area (Å²) in [6, 6.07) is 6.90.